The van der Waals surface area contributed by atoms with Gasteiger partial charge in [-0.25, -0.2) is 4.68 Å². The van der Waals surface area contributed by atoms with Crippen molar-refractivity contribution in [3.05, 3.63) is 27.4 Å². The van der Waals surface area contributed by atoms with Crippen LogP contribution < -0.4 is 5.01 Å². The summed E-state index contributed by atoms with van der Waals surface area (Å²) in [6.07, 6.45) is 3.83. The summed E-state index contributed by atoms with van der Waals surface area (Å²) < 4.78 is 4.03. The van der Waals surface area contributed by atoms with Crippen molar-refractivity contribution in [2.24, 2.45) is 0 Å². The molecule has 1 aliphatic heterocycles. The quantitative estimate of drug-likeness (QED) is 0.814. The van der Waals surface area contributed by atoms with Crippen molar-refractivity contribution in [1.29, 1.82) is 0 Å². The molecule has 5 heteroatoms. The summed E-state index contributed by atoms with van der Waals surface area (Å²) >= 11 is 8.95. The van der Waals surface area contributed by atoms with Crippen LogP contribution in [0.15, 0.2) is 22.7 Å². The Hall–Kier alpha value is -0.810. The average molecular weight is 312 g/mol. The molecule has 1 N–H and O–H groups in total. The summed E-state index contributed by atoms with van der Waals surface area (Å²) in [6.45, 7) is 2.18. The van der Waals surface area contributed by atoms with Gasteiger partial charge >= 0.3 is 0 Å². The number of hydrogen-bond donors (Lipinski definition) is 1. The molecule has 0 atom stereocenters. The van der Waals surface area contributed by atoms with Crippen molar-refractivity contribution < 1.29 is 0 Å². The van der Waals surface area contributed by atoms with E-state index in [1.165, 1.54) is 19.3 Å². The minimum atomic E-state index is 0.792. The van der Waals surface area contributed by atoms with E-state index in [0.29, 0.717) is 0 Å². The molecule has 0 amide bonds. The summed E-state index contributed by atoms with van der Waals surface area (Å²) in [4.78, 5) is 3.27. The second kappa shape index (κ2) is 4.46. The van der Waals surface area contributed by atoms with Crippen molar-refractivity contribution in [2.75, 3.05) is 18.1 Å². The molecule has 2 heterocycles. The number of halogens is 1. The Morgan fingerprint density at radius 3 is 2.71 bits per heavy atom. The van der Waals surface area contributed by atoms with E-state index in [-0.39, 0.29) is 0 Å². The zero-order valence-corrected chi connectivity index (χ0v) is 11.9. The summed E-state index contributed by atoms with van der Waals surface area (Å²) in [6, 6.07) is 6.22. The van der Waals surface area contributed by atoms with Crippen molar-refractivity contribution in [3.8, 4) is 0 Å². The second-order valence-electron chi connectivity index (χ2n) is 4.42. The van der Waals surface area contributed by atoms with Crippen LogP contribution in [0.4, 0.5) is 0 Å². The minimum absolute atomic E-state index is 0.792. The van der Waals surface area contributed by atoms with Crippen LogP contribution in [-0.4, -0.2) is 22.7 Å². The molecule has 0 spiro atoms. The highest BCUT2D eigenvalue weighted by Gasteiger charge is 2.14. The lowest BCUT2D eigenvalue weighted by atomic mass is 10.2. The Morgan fingerprint density at radius 2 is 1.94 bits per heavy atom. The van der Waals surface area contributed by atoms with Crippen molar-refractivity contribution in [1.82, 2.24) is 9.66 Å². The number of aromatic nitrogens is 2. The SMILES string of the molecule is S=c1[nH]c2ccc(Br)cc2n1N1CCCCC1. The third-order valence-electron chi connectivity index (χ3n) is 3.24. The molecule has 3 rings (SSSR count). The average Bonchev–Trinajstić information content (AvgIpc) is 2.65. The smallest absolute Gasteiger partial charge is 0.197 e. The van der Waals surface area contributed by atoms with Gasteiger partial charge in [0.15, 0.2) is 4.77 Å². The van der Waals surface area contributed by atoms with E-state index in [9.17, 15) is 0 Å². The predicted octanol–water partition coefficient (Wildman–Crippen LogP) is 3.58. The van der Waals surface area contributed by atoms with Crippen LogP contribution in [0.5, 0.6) is 0 Å². The van der Waals surface area contributed by atoms with Crippen molar-refractivity contribution in [3.63, 3.8) is 0 Å². The second-order valence-corrected chi connectivity index (χ2v) is 5.72. The topological polar surface area (TPSA) is 24.0 Å². The van der Waals surface area contributed by atoms with Crippen LogP contribution in [0.25, 0.3) is 11.0 Å². The summed E-state index contributed by atoms with van der Waals surface area (Å²) in [5.41, 5.74) is 2.26. The van der Waals surface area contributed by atoms with Gasteiger partial charge in [0.1, 0.15) is 0 Å². The first-order valence-corrected chi connectivity index (χ1v) is 7.11. The van der Waals surface area contributed by atoms with E-state index < -0.39 is 0 Å². The number of piperidine rings is 1. The highest BCUT2D eigenvalue weighted by Crippen LogP contribution is 2.21. The number of imidazole rings is 1. The Kier molecular flexibility index (Phi) is 2.96. The van der Waals surface area contributed by atoms with Crippen LogP contribution >= 0.6 is 28.1 Å². The number of H-pyrrole nitrogens is 1. The molecular weight excluding hydrogens is 298 g/mol. The van der Waals surface area contributed by atoms with Gasteiger partial charge < -0.3 is 9.99 Å². The number of aromatic amines is 1. The molecule has 3 nitrogen and oxygen atoms in total. The zero-order valence-electron chi connectivity index (χ0n) is 9.45. The fourth-order valence-corrected chi connectivity index (χ4v) is 3.09. The number of fused-ring (bicyclic) bond motifs is 1. The third-order valence-corrected chi connectivity index (χ3v) is 4.01. The molecule has 1 aromatic heterocycles. The van der Waals surface area contributed by atoms with Crippen LogP contribution in [0.2, 0.25) is 0 Å². The molecule has 90 valence electrons. The number of nitrogens with zero attached hydrogens (tertiary/aromatic N) is 2. The fourth-order valence-electron chi connectivity index (χ4n) is 2.42. The Bertz CT molecular complexity index is 595. The highest BCUT2D eigenvalue weighted by atomic mass is 79.9. The molecule has 0 unspecified atom stereocenters. The largest absolute Gasteiger partial charge is 0.329 e. The Morgan fingerprint density at radius 1 is 1.18 bits per heavy atom. The normalized spacial score (nSPS) is 16.6. The minimum Gasteiger partial charge on any atom is -0.329 e. The van der Waals surface area contributed by atoms with Crippen LogP contribution in [0.1, 0.15) is 19.3 Å². The van der Waals surface area contributed by atoms with Gasteiger partial charge in [0.25, 0.3) is 0 Å². The summed E-state index contributed by atoms with van der Waals surface area (Å²) in [5.74, 6) is 0. The molecule has 17 heavy (non-hydrogen) atoms. The van der Waals surface area contributed by atoms with Crippen molar-refractivity contribution >= 4 is 39.2 Å². The van der Waals surface area contributed by atoms with Gasteiger partial charge in [-0.3, -0.25) is 0 Å². The van der Waals surface area contributed by atoms with E-state index >= 15 is 0 Å². The molecule has 0 saturated carbocycles. The molecule has 0 bridgehead atoms. The first-order valence-electron chi connectivity index (χ1n) is 5.91. The van der Waals surface area contributed by atoms with Crippen LogP contribution in [0, 0.1) is 4.77 Å². The lowest BCUT2D eigenvalue weighted by Gasteiger charge is -2.29. The molecule has 0 aliphatic carbocycles. The van der Waals surface area contributed by atoms with Gasteiger partial charge in [-0.05, 0) is 49.7 Å². The van der Waals surface area contributed by atoms with Gasteiger partial charge in [0.05, 0.1) is 11.0 Å². The van der Waals surface area contributed by atoms with Crippen LogP contribution in [-0.2, 0) is 0 Å². The van der Waals surface area contributed by atoms with E-state index in [0.717, 1.165) is 33.4 Å². The monoisotopic (exact) mass is 311 g/mol. The first kappa shape index (κ1) is 11.3. The lowest BCUT2D eigenvalue weighted by Crippen LogP contribution is -2.39. The van der Waals surface area contributed by atoms with E-state index in [1.807, 2.05) is 6.07 Å². The Labute approximate surface area is 114 Å². The summed E-state index contributed by atoms with van der Waals surface area (Å²) in [7, 11) is 0. The van der Waals surface area contributed by atoms with Crippen molar-refractivity contribution in [2.45, 2.75) is 19.3 Å². The molecule has 0 radical (unpaired) electrons. The Balaban J connectivity index is 2.16. The third kappa shape index (κ3) is 2.02. The first-order chi connectivity index (χ1) is 8.25. The van der Waals surface area contributed by atoms with Gasteiger partial charge in [-0.1, -0.05) is 15.9 Å². The van der Waals surface area contributed by atoms with Gasteiger partial charge in [-0.2, -0.15) is 0 Å². The zero-order chi connectivity index (χ0) is 11.8. The van der Waals surface area contributed by atoms with Crippen LogP contribution in [0.3, 0.4) is 0 Å². The maximum absolute atomic E-state index is 5.43. The molecule has 2 aromatic rings. The molecule has 1 aromatic carbocycles. The number of nitrogens with one attached hydrogen (secondary N) is 1. The molecule has 1 fully saturated rings. The molecule has 1 aliphatic rings. The van der Waals surface area contributed by atoms with Gasteiger partial charge in [0, 0.05) is 17.6 Å². The lowest BCUT2D eigenvalue weighted by molar-refractivity contribution is 0.483. The number of benzene rings is 1. The maximum Gasteiger partial charge on any atom is 0.197 e. The fraction of sp³-hybridized carbons (Fsp3) is 0.417. The van der Waals surface area contributed by atoms with E-state index in [1.54, 1.807) is 0 Å². The number of rotatable bonds is 1. The highest BCUT2D eigenvalue weighted by molar-refractivity contribution is 9.10. The number of hydrogen-bond acceptors (Lipinski definition) is 2. The standard InChI is InChI=1S/C12H14BrN3S/c13-9-4-5-10-11(8-9)16(12(17)14-10)15-6-2-1-3-7-15/h4-5,8H,1-3,6-7H2,(H,14,17). The van der Waals surface area contributed by atoms with E-state index in [2.05, 4.69) is 42.7 Å². The van der Waals surface area contributed by atoms with Gasteiger partial charge in [-0.15, -0.1) is 0 Å². The molecule has 1 saturated heterocycles. The van der Waals surface area contributed by atoms with E-state index in [4.69, 9.17) is 12.2 Å². The predicted molar refractivity (Wildman–Crippen MR) is 76.6 cm³/mol. The summed E-state index contributed by atoms with van der Waals surface area (Å²) in [5, 5.41) is 2.34. The molecular formula is C12H14BrN3S. The maximum atomic E-state index is 5.43. The van der Waals surface area contributed by atoms with Gasteiger partial charge in [0.2, 0.25) is 0 Å².